The first kappa shape index (κ1) is 30.0. The molecule has 9 aromatic rings. The van der Waals surface area contributed by atoms with E-state index in [9.17, 15) is 0 Å². The minimum absolute atomic E-state index is 0.0148. The fourth-order valence-electron chi connectivity index (χ4n) is 8.03. The maximum atomic E-state index is 5.73. The highest BCUT2D eigenvalue weighted by Gasteiger charge is 2.32. The minimum atomic E-state index is -0.0148. The Morgan fingerprint density at radius 2 is 1.08 bits per heavy atom. The van der Waals surface area contributed by atoms with Crippen molar-refractivity contribution < 1.29 is 0 Å². The van der Waals surface area contributed by atoms with Gasteiger partial charge in [0, 0.05) is 38.7 Å². The summed E-state index contributed by atoms with van der Waals surface area (Å²) < 4.78 is 0. The van der Waals surface area contributed by atoms with E-state index in [1.807, 2.05) is 0 Å². The van der Waals surface area contributed by atoms with E-state index in [1.54, 1.807) is 0 Å². The maximum absolute atomic E-state index is 5.73. The third-order valence-electron chi connectivity index (χ3n) is 10.3. The topological polar surface area (TPSA) is 28.5 Å². The van der Waals surface area contributed by atoms with Crippen molar-refractivity contribution in [3.8, 4) is 11.3 Å². The van der Waals surface area contributed by atoms with Crippen LogP contribution >= 0.6 is 0 Å². The molecule has 0 aliphatic carbocycles. The van der Waals surface area contributed by atoms with Crippen LogP contribution in [0.2, 0.25) is 0 Å². The highest BCUT2D eigenvalue weighted by Crippen LogP contribution is 2.48. The van der Waals surface area contributed by atoms with Crippen molar-refractivity contribution >= 4 is 60.9 Å². The van der Waals surface area contributed by atoms with Gasteiger partial charge in [0.2, 0.25) is 0 Å². The summed E-state index contributed by atoms with van der Waals surface area (Å²) in [4.78, 5) is 13.5. The van der Waals surface area contributed by atoms with Crippen molar-refractivity contribution in [2.24, 2.45) is 4.99 Å². The van der Waals surface area contributed by atoms with Crippen LogP contribution in [-0.4, -0.2) is 10.7 Å². The molecule has 1 aliphatic rings. The second kappa shape index (κ2) is 12.5. The zero-order valence-electron chi connectivity index (χ0n) is 28.4. The van der Waals surface area contributed by atoms with Crippen molar-refractivity contribution in [1.82, 2.24) is 4.98 Å². The molecular weight excluding hydrogens is 631 g/mol. The molecule has 244 valence electrons. The molecule has 0 spiro atoms. The van der Waals surface area contributed by atoms with Gasteiger partial charge in [0.25, 0.3) is 0 Å². The Hall–Kier alpha value is -6.84. The predicted molar refractivity (Wildman–Crippen MR) is 218 cm³/mol. The third-order valence-corrected chi connectivity index (χ3v) is 10.3. The summed E-state index contributed by atoms with van der Waals surface area (Å²) in [5.41, 5.74) is 11.8. The summed E-state index contributed by atoms with van der Waals surface area (Å²) in [6, 6.07) is 68.9. The minimum Gasteiger partial charge on any atom is -0.308 e. The number of anilines is 3. The van der Waals surface area contributed by atoms with Crippen molar-refractivity contribution in [3.05, 3.63) is 211 Å². The van der Waals surface area contributed by atoms with E-state index in [0.29, 0.717) is 0 Å². The standard InChI is InChI=1S/C49H33N3/c1-5-18-33(19-6-1)44-39-28-15-16-30-42(39)50-49(44)41-32-35-22-13-14-27-38(35)45-40-29-17-31-43(48(40)51-47(46(41)45)34-20-7-2-8-21-34)52(36-23-9-3-10-24-36)37-25-11-4-12-26-37/h1-32,44H. The van der Waals surface area contributed by atoms with E-state index in [0.717, 1.165) is 61.6 Å². The second-order valence-electron chi connectivity index (χ2n) is 13.3. The number of hydrogen-bond acceptors (Lipinski definition) is 3. The van der Waals surface area contributed by atoms with Gasteiger partial charge in [-0.1, -0.05) is 152 Å². The summed E-state index contributed by atoms with van der Waals surface area (Å²) in [6.07, 6.45) is 0. The molecule has 0 saturated heterocycles. The Kier molecular flexibility index (Phi) is 7.21. The van der Waals surface area contributed by atoms with Crippen LogP contribution in [0.25, 0.3) is 43.7 Å². The number of hydrogen-bond donors (Lipinski definition) is 0. The van der Waals surface area contributed by atoms with Gasteiger partial charge in [-0.25, -0.2) is 4.98 Å². The quantitative estimate of drug-likeness (QED) is 0.166. The molecule has 1 aromatic heterocycles. The van der Waals surface area contributed by atoms with E-state index < -0.39 is 0 Å². The molecule has 8 aromatic carbocycles. The second-order valence-corrected chi connectivity index (χ2v) is 13.3. The Morgan fingerprint density at radius 3 is 1.81 bits per heavy atom. The molecular formula is C49H33N3. The number of fused-ring (bicyclic) bond motifs is 6. The van der Waals surface area contributed by atoms with E-state index in [1.165, 1.54) is 27.3 Å². The average molecular weight is 664 g/mol. The van der Waals surface area contributed by atoms with Crippen LogP contribution in [0.5, 0.6) is 0 Å². The van der Waals surface area contributed by atoms with E-state index in [4.69, 9.17) is 9.98 Å². The molecule has 3 heteroatoms. The molecule has 2 heterocycles. The van der Waals surface area contributed by atoms with Gasteiger partial charge in [-0.3, -0.25) is 4.99 Å². The van der Waals surface area contributed by atoms with Crippen LogP contribution < -0.4 is 4.90 Å². The van der Waals surface area contributed by atoms with Crippen molar-refractivity contribution in [2.45, 2.75) is 5.92 Å². The summed E-state index contributed by atoms with van der Waals surface area (Å²) in [5, 5.41) is 5.78. The third kappa shape index (κ3) is 4.90. The monoisotopic (exact) mass is 663 g/mol. The lowest BCUT2D eigenvalue weighted by atomic mass is 9.82. The Morgan fingerprint density at radius 1 is 0.481 bits per heavy atom. The lowest BCUT2D eigenvalue weighted by Gasteiger charge is -2.27. The van der Waals surface area contributed by atoms with Crippen LogP contribution in [0, 0.1) is 0 Å². The highest BCUT2D eigenvalue weighted by molar-refractivity contribution is 6.31. The zero-order valence-corrected chi connectivity index (χ0v) is 28.4. The molecule has 1 unspecified atom stereocenters. The van der Waals surface area contributed by atoms with Crippen molar-refractivity contribution in [2.75, 3.05) is 4.90 Å². The van der Waals surface area contributed by atoms with Gasteiger partial charge in [-0.2, -0.15) is 0 Å². The molecule has 3 nitrogen and oxygen atoms in total. The van der Waals surface area contributed by atoms with E-state index in [-0.39, 0.29) is 5.92 Å². The summed E-state index contributed by atoms with van der Waals surface area (Å²) >= 11 is 0. The number of nitrogens with zero attached hydrogens (tertiary/aromatic N) is 3. The summed E-state index contributed by atoms with van der Waals surface area (Å²) in [5.74, 6) is -0.0148. The zero-order chi connectivity index (χ0) is 34.4. The van der Waals surface area contributed by atoms with Gasteiger partial charge >= 0.3 is 0 Å². The summed E-state index contributed by atoms with van der Waals surface area (Å²) in [6.45, 7) is 0. The molecule has 0 bridgehead atoms. The Labute approximate surface area is 302 Å². The molecule has 1 atom stereocenters. The molecule has 0 saturated carbocycles. The molecule has 52 heavy (non-hydrogen) atoms. The SMILES string of the molecule is c1ccc(-c2nc3c(N(c4ccccc4)c4ccccc4)cccc3c3c2c(C2=Nc4ccccc4C2c2ccccc2)cc2ccccc23)cc1. The number of benzene rings is 8. The first-order chi connectivity index (χ1) is 25.8. The Bertz CT molecular complexity index is 2740. The van der Waals surface area contributed by atoms with Crippen LogP contribution in [-0.2, 0) is 0 Å². The lowest BCUT2D eigenvalue weighted by molar-refractivity contribution is 1.12. The number of rotatable bonds is 6. The van der Waals surface area contributed by atoms with Gasteiger partial charge < -0.3 is 4.90 Å². The fraction of sp³-hybridized carbons (Fsp3) is 0.0204. The molecule has 1 aliphatic heterocycles. The largest absolute Gasteiger partial charge is 0.308 e. The normalized spacial score (nSPS) is 13.7. The van der Waals surface area contributed by atoms with Gasteiger partial charge in [-0.05, 0) is 64.4 Å². The smallest absolute Gasteiger partial charge is 0.0956 e. The maximum Gasteiger partial charge on any atom is 0.0956 e. The van der Waals surface area contributed by atoms with E-state index >= 15 is 0 Å². The highest BCUT2D eigenvalue weighted by atomic mass is 15.1. The predicted octanol–water partition coefficient (Wildman–Crippen LogP) is 12.9. The van der Waals surface area contributed by atoms with Gasteiger partial charge in [0.1, 0.15) is 0 Å². The molecule has 0 amide bonds. The van der Waals surface area contributed by atoms with Gasteiger partial charge in [-0.15, -0.1) is 0 Å². The van der Waals surface area contributed by atoms with Crippen LogP contribution in [0.4, 0.5) is 22.7 Å². The van der Waals surface area contributed by atoms with Crippen LogP contribution in [0.1, 0.15) is 22.6 Å². The molecule has 0 radical (unpaired) electrons. The molecule has 10 rings (SSSR count). The van der Waals surface area contributed by atoms with Crippen LogP contribution in [0.3, 0.4) is 0 Å². The molecule has 0 fully saturated rings. The fourth-order valence-corrected chi connectivity index (χ4v) is 8.03. The first-order valence-corrected chi connectivity index (χ1v) is 17.8. The number of aromatic nitrogens is 1. The van der Waals surface area contributed by atoms with Crippen molar-refractivity contribution in [3.63, 3.8) is 0 Å². The number of aliphatic imine (C=N–C) groups is 1. The number of pyridine rings is 1. The van der Waals surface area contributed by atoms with Gasteiger partial charge in [0.15, 0.2) is 0 Å². The van der Waals surface area contributed by atoms with Gasteiger partial charge in [0.05, 0.1) is 34.2 Å². The van der Waals surface area contributed by atoms with Crippen molar-refractivity contribution in [1.29, 1.82) is 0 Å². The first-order valence-electron chi connectivity index (χ1n) is 17.8. The average Bonchev–Trinajstić information content (AvgIpc) is 3.61. The lowest BCUT2D eigenvalue weighted by Crippen LogP contribution is -2.13. The summed E-state index contributed by atoms with van der Waals surface area (Å²) in [7, 11) is 0. The number of para-hydroxylation sites is 4. The molecule has 0 N–H and O–H groups in total. The van der Waals surface area contributed by atoms with E-state index in [2.05, 4.69) is 199 Å². The Balaban J connectivity index is 1.36. The van der Waals surface area contributed by atoms with Crippen LogP contribution in [0.15, 0.2) is 199 Å².